The maximum absolute atomic E-state index is 14.6. The normalized spacial score (nSPS) is 23.7. The second kappa shape index (κ2) is 9.92. The van der Waals surface area contributed by atoms with Crippen LogP contribution in [0.15, 0.2) is 24.3 Å². The first-order valence-corrected chi connectivity index (χ1v) is 19.0. The second-order valence-electron chi connectivity index (χ2n) is 17.0. The van der Waals surface area contributed by atoms with Gasteiger partial charge in [-0.05, 0) is 59.4 Å². The zero-order valence-electron chi connectivity index (χ0n) is 28.0. The number of rotatable bonds is 4. The molecule has 2 aromatic rings. The van der Waals surface area contributed by atoms with Gasteiger partial charge in [-0.15, -0.1) is 0 Å². The summed E-state index contributed by atoms with van der Waals surface area (Å²) >= 11 is 0. The number of pyridine rings is 1. The molecule has 2 atom stereocenters. The second-order valence-corrected chi connectivity index (χ2v) is 21.7. The van der Waals surface area contributed by atoms with E-state index in [2.05, 4.69) is 107 Å². The van der Waals surface area contributed by atoms with Crippen LogP contribution in [0.5, 0.6) is 0 Å². The molecule has 1 aromatic heterocycles. The van der Waals surface area contributed by atoms with Crippen LogP contribution in [0.2, 0.25) is 18.1 Å². The van der Waals surface area contributed by atoms with Crippen molar-refractivity contribution in [2.24, 2.45) is 5.41 Å². The zero-order valence-corrected chi connectivity index (χ0v) is 29.0. The SMILES string of the molecule is CC(C)c1c2c(c3c([n+]1[O-])CC(C)(C)CC3O[Si](C)(C)C(C)(C)C)C1(CCCC1)OC2c1ccc(C(C)(C)C)cc1. The van der Waals surface area contributed by atoms with Gasteiger partial charge in [-0.1, -0.05) is 106 Å². The summed E-state index contributed by atoms with van der Waals surface area (Å²) < 4.78 is 15.9. The Morgan fingerprint density at radius 1 is 0.976 bits per heavy atom. The van der Waals surface area contributed by atoms with Gasteiger partial charge in [-0.25, -0.2) is 0 Å². The lowest BCUT2D eigenvalue weighted by molar-refractivity contribution is -0.626. The van der Waals surface area contributed by atoms with Crippen molar-refractivity contribution in [3.8, 4) is 0 Å². The van der Waals surface area contributed by atoms with Gasteiger partial charge in [-0.2, -0.15) is 4.73 Å². The van der Waals surface area contributed by atoms with Gasteiger partial charge in [0.05, 0.1) is 22.8 Å². The quantitative estimate of drug-likeness (QED) is 0.206. The van der Waals surface area contributed by atoms with E-state index in [4.69, 9.17) is 9.16 Å². The Bertz CT molecular complexity index is 1300. The van der Waals surface area contributed by atoms with E-state index in [9.17, 15) is 5.21 Å². The monoisotopic (exact) mass is 577 g/mol. The molecule has 0 N–H and O–H groups in total. The first-order chi connectivity index (χ1) is 18.8. The van der Waals surface area contributed by atoms with Gasteiger partial charge in [0.1, 0.15) is 6.10 Å². The van der Waals surface area contributed by atoms with Crippen LogP contribution in [0.4, 0.5) is 0 Å². The molecule has 0 radical (unpaired) electrons. The Labute approximate surface area is 251 Å². The molecule has 0 saturated heterocycles. The molecule has 0 bridgehead atoms. The van der Waals surface area contributed by atoms with E-state index in [1.54, 1.807) is 0 Å². The maximum Gasteiger partial charge on any atom is 0.202 e. The highest BCUT2D eigenvalue weighted by Crippen LogP contribution is 2.60. The third-order valence-electron chi connectivity index (χ3n) is 10.6. The van der Waals surface area contributed by atoms with Gasteiger partial charge in [0.2, 0.25) is 5.69 Å². The van der Waals surface area contributed by atoms with E-state index in [1.165, 1.54) is 21.4 Å². The molecule has 2 unspecified atom stereocenters. The summed E-state index contributed by atoms with van der Waals surface area (Å²) in [5.74, 6) is 0.0906. The van der Waals surface area contributed by atoms with Crippen molar-refractivity contribution >= 4 is 8.32 Å². The molecule has 5 rings (SSSR count). The maximum atomic E-state index is 14.6. The molecule has 41 heavy (non-hydrogen) atoms. The van der Waals surface area contributed by atoms with E-state index >= 15 is 0 Å². The summed E-state index contributed by atoms with van der Waals surface area (Å²) in [5, 5.41) is 14.7. The van der Waals surface area contributed by atoms with Crippen LogP contribution in [0.3, 0.4) is 0 Å². The number of nitrogens with zero attached hydrogens (tertiary/aromatic N) is 1. The van der Waals surface area contributed by atoms with Crippen LogP contribution in [-0.2, 0) is 26.6 Å². The fraction of sp³-hybridized carbons (Fsp3) is 0.694. The first-order valence-electron chi connectivity index (χ1n) is 16.1. The molecule has 226 valence electrons. The first kappa shape index (κ1) is 30.8. The van der Waals surface area contributed by atoms with E-state index in [0.717, 1.165) is 61.0 Å². The van der Waals surface area contributed by atoms with Crippen molar-refractivity contribution in [2.45, 2.75) is 155 Å². The van der Waals surface area contributed by atoms with Gasteiger partial charge in [0.25, 0.3) is 0 Å². The summed E-state index contributed by atoms with van der Waals surface area (Å²) in [7, 11) is -2.12. The predicted molar refractivity (Wildman–Crippen MR) is 171 cm³/mol. The fourth-order valence-corrected chi connectivity index (χ4v) is 8.68. The highest BCUT2D eigenvalue weighted by atomic mass is 28.4. The molecule has 0 amide bonds. The Balaban J connectivity index is 1.79. The summed E-state index contributed by atoms with van der Waals surface area (Å²) in [4.78, 5) is 0. The number of hydrogen-bond acceptors (Lipinski definition) is 3. The average molecular weight is 578 g/mol. The lowest BCUT2D eigenvalue weighted by atomic mass is 9.70. The minimum Gasteiger partial charge on any atom is -0.618 e. The zero-order chi connectivity index (χ0) is 30.3. The van der Waals surface area contributed by atoms with Crippen molar-refractivity contribution in [1.29, 1.82) is 0 Å². The number of hydrogen-bond donors (Lipinski definition) is 0. The molecule has 3 aliphatic rings. The highest BCUT2D eigenvalue weighted by molar-refractivity contribution is 6.74. The lowest BCUT2D eigenvalue weighted by Crippen LogP contribution is -2.49. The molecule has 1 saturated carbocycles. The van der Waals surface area contributed by atoms with Crippen LogP contribution in [0, 0.1) is 10.6 Å². The molecular weight excluding hydrogens is 522 g/mol. The largest absolute Gasteiger partial charge is 0.618 e. The Kier molecular flexibility index (Phi) is 7.44. The van der Waals surface area contributed by atoms with Crippen molar-refractivity contribution in [3.63, 3.8) is 0 Å². The summed E-state index contributed by atoms with van der Waals surface area (Å²) in [5.41, 5.74) is 7.67. The van der Waals surface area contributed by atoms with E-state index < -0.39 is 8.32 Å². The van der Waals surface area contributed by atoms with E-state index in [-0.39, 0.29) is 39.6 Å². The molecular formula is C36H55NO3Si. The smallest absolute Gasteiger partial charge is 0.202 e. The van der Waals surface area contributed by atoms with Crippen LogP contribution in [0.25, 0.3) is 0 Å². The topological polar surface area (TPSA) is 45.4 Å². The molecule has 1 aliphatic heterocycles. The molecule has 1 aromatic carbocycles. The summed E-state index contributed by atoms with van der Waals surface area (Å²) in [6.45, 7) is 27.4. The van der Waals surface area contributed by atoms with Crippen molar-refractivity contribution in [3.05, 3.63) is 68.7 Å². The Morgan fingerprint density at radius 2 is 1.56 bits per heavy atom. The number of benzene rings is 1. The standard InChI is InChI=1S/C36H55NO3Si/c1-23(2)31-29-30(28-26(37(31)38)21-35(9,10)22-27(28)40-41(11,12)34(6,7)8)36(19-13-14-20-36)39-32(29)24-15-17-25(18-16-24)33(3,4)5/h15-18,23,27,32H,13-14,19-22H2,1-12H3. The van der Waals surface area contributed by atoms with Gasteiger partial charge in [-0.3, -0.25) is 0 Å². The number of fused-ring (bicyclic) bond motifs is 4. The number of aromatic nitrogens is 1. The lowest BCUT2D eigenvalue weighted by Gasteiger charge is -2.45. The van der Waals surface area contributed by atoms with Crippen LogP contribution in [-0.4, -0.2) is 8.32 Å². The molecule has 1 fully saturated rings. The Morgan fingerprint density at radius 3 is 2.07 bits per heavy atom. The summed E-state index contributed by atoms with van der Waals surface area (Å²) in [6.07, 6.45) is 5.73. The number of ether oxygens (including phenoxy) is 1. The minimum atomic E-state index is -2.12. The minimum absolute atomic E-state index is 0.0147. The van der Waals surface area contributed by atoms with E-state index in [1.807, 2.05) is 0 Å². The molecule has 1 spiro atoms. The predicted octanol–water partition coefficient (Wildman–Crippen LogP) is 9.67. The van der Waals surface area contributed by atoms with E-state index in [0.29, 0.717) is 0 Å². The van der Waals surface area contributed by atoms with Crippen LogP contribution in [0.1, 0.15) is 159 Å². The van der Waals surface area contributed by atoms with Crippen molar-refractivity contribution in [1.82, 2.24) is 0 Å². The fourth-order valence-electron chi connectivity index (χ4n) is 7.41. The van der Waals surface area contributed by atoms with Crippen molar-refractivity contribution in [2.75, 3.05) is 0 Å². The molecule has 4 nitrogen and oxygen atoms in total. The van der Waals surface area contributed by atoms with Gasteiger partial charge >= 0.3 is 0 Å². The van der Waals surface area contributed by atoms with Gasteiger partial charge < -0.3 is 14.4 Å². The van der Waals surface area contributed by atoms with Gasteiger partial charge in [0.15, 0.2) is 14.0 Å². The third-order valence-corrected chi connectivity index (χ3v) is 15.1. The average Bonchev–Trinajstić information content (AvgIpc) is 3.42. The molecule has 2 aliphatic carbocycles. The summed E-state index contributed by atoms with van der Waals surface area (Å²) in [6, 6.07) is 8.99. The van der Waals surface area contributed by atoms with Crippen molar-refractivity contribution < 1.29 is 13.9 Å². The highest BCUT2D eigenvalue weighted by Gasteiger charge is 2.56. The Hall–Kier alpha value is -1.69. The van der Waals surface area contributed by atoms with Crippen LogP contribution < -0.4 is 4.73 Å². The van der Waals surface area contributed by atoms with Crippen LogP contribution >= 0.6 is 0 Å². The third kappa shape index (κ3) is 5.23. The molecule has 2 heterocycles. The molecule has 5 heteroatoms. The van der Waals surface area contributed by atoms with Gasteiger partial charge in [0, 0.05) is 17.9 Å².